The van der Waals surface area contributed by atoms with Crippen LogP contribution in [0.4, 0.5) is 8.78 Å². The highest BCUT2D eigenvalue weighted by Crippen LogP contribution is 2.50. The molecule has 0 radical (unpaired) electrons. The highest BCUT2D eigenvalue weighted by Gasteiger charge is 2.46. The van der Waals surface area contributed by atoms with Gasteiger partial charge in [0, 0.05) is 24.8 Å². The Morgan fingerprint density at radius 1 is 1.00 bits per heavy atom. The molecule has 1 aliphatic rings. The Labute approximate surface area is 129 Å². The molecule has 4 heteroatoms. The fraction of sp³-hybridized carbons (Fsp3) is 0.333. The number of hydrogen-bond donors (Lipinski definition) is 1. The van der Waals surface area contributed by atoms with Gasteiger partial charge in [-0.05, 0) is 29.8 Å². The summed E-state index contributed by atoms with van der Waals surface area (Å²) < 4.78 is 34.6. The second kappa shape index (κ2) is 5.78. The second-order valence-corrected chi connectivity index (χ2v) is 5.62. The molecule has 0 aliphatic heterocycles. The van der Waals surface area contributed by atoms with Crippen molar-refractivity contribution < 1.29 is 13.5 Å². The summed E-state index contributed by atoms with van der Waals surface area (Å²) in [5.74, 6) is -0.633. The summed E-state index contributed by atoms with van der Waals surface area (Å²) in [6, 6.07) is 9.88. The van der Waals surface area contributed by atoms with E-state index >= 15 is 0 Å². The molecule has 0 aromatic heterocycles. The lowest BCUT2D eigenvalue weighted by molar-refractivity contribution is 0.145. The quantitative estimate of drug-likeness (QED) is 0.913. The number of rotatable bonds is 5. The van der Waals surface area contributed by atoms with E-state index in [0.29, 0.717) is 17.7 Å². The minimum absolute atomic E-state index is 0.224. The zero-order chi connectivity index (χ0) is 15.7. The van der Waals surface area contributed by atoms with E-state index in [9.17, 15) is 8.78 Å². The van der Waals surface area contributed by atoms with Crippen molar-refractivity contribution in [2.24, 2.45) is 0 Å². The molecule has 0 saturated carbocycles. The number of likely N-dealkylation sites (N-methyl/N-ethyl adjacent to an activating group) is 1. The number of nitrogens with one attached hydrogen (secondary N) is 1. The second-order valence-electron chi connectivity index (χ2n) is 5.62. The van der Waals surface area contributed by atoms with Crippen LogP contribution in [0.1, 0.15) is 18.1 Å². The fourth-order valence-electron chi connectivity index (χ4n) is 3.55. The van der Waals surface area contributed by atoms with Gasteiger partial charge in [-0.15, -0.1) is 0 Å². The average Bonchev–Trinajstić information content (AvgIpc) is 2.79. The molecule has 0 saturated heterocycles. The van der Waals surface area contributed by atoms with Crippen LogP contribution >= 0.6 is 0 Å². The van der Waals surface area contributed by atoms with Gasteiger partial charge in [0.05, 0.1) is 12.0 Å². The van der Waals surface area contributed by atoms with Gasteiger partial charge in [0.2, 0.25) is 0 Å². The maximum atomic E-state index is 14.6. The van der Waals surface area contributed by atoms with Gasteiger partial charge in [-0.25, -0.2) is 8.78 Å². The van der Waals surface area contributed by atoms with Crippen molar-refractivity contribution in [1.82, 2.24) is 5.32 Å². The van der Waals surface area contributed by atoms with E-state index in [4.69, 9.17) is 4.74 Å². The first-order chi connectivity index (χ1) is 10.7. The molecule has 3 rings (SSSR count). The molecule has 2 aromatic rings. The molecule has 2 nitrogen and oxygen atoms in total. The third-order valence-electron chi connectivity index (χ3n) is 4.34. The van der Waals surface area contributed by atoms with Crippen molar-refractivity contribution in [3.8, 4) is 11.1 Å². The zero-order valence-corrected chi connectivity index (χ0v) is 12.7. The SMILES string of the molecule is CCNCC1(COC)c2c(F)cccc2-c2cccc(F)c21. The van der Waals surface area contributed by atoms with Gasteiger partial charge in [0.25, 0.3) is 0 Å². The number of ether oxygens (including phenoxy) is 1. The lowest BCUT2D eigenvalue weighted by atomic mass is 9.78. The molecule has 116 valence electrons. The van der Waals surface area contributed by atoms with E-state index in [1.54, 1.807) is 19.2 Å². The van der Waals surface area contributed by atoms with Crippen molar-refractivity contribution in [2.75, 3.05) is 26.8 Å². The molecule has 1 aliphatic carbocycles. The molecule has 0 bridgehead atoms. The summed E-state index contributed by atoms with van der Waals surface area (Å²) in [5.41, 5.74) is 1.72. The van der Waals surface area contributed by atoms with Gasteiger partial charge < -0.3 is 10.1 Å². The fourth-order valence-corrected chi connectivity index (χ4v) is 3.55. The van der Waals surface area contributed by atoms with E-state index in [2.05, 4.69) is 5.32 Å². The average molecular weight is 303 g/mol. The number of methoxy groups -OCH3 is 1. The molecule has 0 amide bonds. The minimum atomic E-state index is -0.841. The van der Waals surface area contributed by atoms with E-state index < -0.39 is 5.41 Å². The van der Waals surface area contributed by atoms with Crippen LogP contribution in [0.3, 0.4) is 0 Å². The molecular weight excluding hydrogens is 284 g/mol. The lowest BCUT2D eigenvalue weighted by Gasteiger charge is -2.32. The third-order valence-corrected chi connectivity index (χ3v) is 4.34. The molecule has 0 atom stereocenters. The van der Waals surface area contributed by atoms with Crippen LogP contribution in [0.5, 0.6) is 0 Å². The predicted molar refractivity (Wildman–Crippen MR) is 83.0 cm³/mol. The number of benzene rings is 2. The van der Waals surface area contributed by atoms with Gasteiger partial charge in [-0.3, -0.25) is 0 Å². The van der Waals surface area contributed by atoms with Crippen molar-refractivity contribution in [2.45, 2.75) is 12.3 Å². The van der Waals surface area contributed by atoms with Crippen LogP contribution in [0.2, 0.25) is 0 Å². The predicted octanol–water partition coefficient (Wildman–Crippen LogP) is 3.49. The standard InChI is InChI=1S/C18H19F2NO/c1-3-21-10-18(11-22-2)16-12(6-4-8-14(16)19)13-7-5-9-15(20)17(13)18/h4-9,21H,3,10-11H2,1-2H3. The first-order valence-electron chi connectivity index (χ1n) is 7.43. The van der Waals surface area contributed by atoms with Crippen LogP contribution in [-0.4, -0.2) is 26.8 Å². The Morgan fingerprint density at radius 2 is 1.55 bits per heavy atom. The lowest BCUT2D eigenvalue weighted by Crippen LogP contribution is -2.42. The first kappa shape index (κ1) is 15.1. The molecule has 1 N–H and O–H groups in total. The van der Waals surface area contributed by atoms with Crippen molar-refractivity contribution >= 4 is 0 Å². The van der Waals surface area contributed by atoms with Crippen molar-refractivity contribution in [1.29, 1.82) is 0 Å². The van der Waals surface area contributed by atoms with Crippen LogP contribution in [0.15, 0.2) is 36.4 Å². The number of fused-ring (bicyclic) bond motifs is 3. The van der Waals surface area contributed by atoms with Gasteiger partial charge in [-0.2, -0.15) is 0 Å². The van der Waals surface area contributed by atoms with E-state index in [0.717, 1.165) is 17.7 Å². The Hall–Kier alpha value is -1.78. The van der Waals surface area contributed by atoms with E-state index in [1.807, 2.05) is 19.1 Å². The normalized spacial score (nSPS) is 14.7. The third kappa shape index (κ3) is 2.06. The molecule has 0 unspecified atom stereocenters. The van der Waals surface area contributed by atoms with Crippen molar-refractivity contribution in [3.63, 3.8) is 0 Å². The monoisotopic (exact) mass is 303 g/mol. The van der Waals surface area contributed by atoms with Crippen LogP contribution in [-0.2, 0) is 10.2 Å². The Morgan fingerprint density at radius 3 is 2.00 bits per heavy atom. The molecule has 22 heavy (non-hydrogen) atoms. The highest BCUT2D eigenvalue weighted by atomic mass is 19.1. The summed E-state index contributed by atoms with van der Waals surface area (Å²) >= 11 is 0. The van der Waals surface area contributed by atoms with Gasteiger partial charge in [-0.1, -0.05) is 31.2 Å². The molecular formula is C18H19F2NO. The van der Waals surface area contributed by atoms with Gasteiger partial charge in [0.15, 0.2) is 0 Å². The molecule has 0 heterocycles. The summed E-state index contributed by atoms with van der Waals surface area (Å²) in [5, 5.41) is 3.24. The Balaban J connectivity index is 2.33. The maximum Gasteiger partial charge on any atom is 0.128 e. The Kier molecular flexibility index (Phi) is 3.98. The molecule has 0 fully saturated rings. The van der Waals surface area contributed by atoms with E-state index in [1.165, 1.54) is 12.1 Å². The summed E-state index contributed by atoms with van der Waals surface area (Å²) in [7, 11) is 1.56. The topological polar surface area (TPSA) is 21.3 Å². The number of halogens is 2. The van der Waals surface area contributed by atoms with Crippen LogP contribution in [0.25, 0.3) is 11.1 Å². The largest absolute Gasteiger partial charge is 0.383 e. The highest BCUT2D eigenvalue weighted by molar-refractivity contribution is 5.81. The summed E-state index contributed by atoms with van der Waals surface area (Å²) in [6.45, 7) is 3.35. The molecule has 0 spiro atoms. The van der Waals surface area contributed by atoms with Gasteiger partial charge in [0.1, 0.15) is 11.6 Å². The molecule has 2 aromatic carbocycles. The minimum Gasteiger partial charge on any atom is -0.383 e. The van der Waals surface area contributed by atoms with Crippen LogP contribution < -0.4 is 5.32 Å². The number of hydrogen-bond acceptors (Lipinski definition) is 2. The smallest absolute Gasteiger partial charge is 0.128 e. The first-order valence-corrected chi connectivity index (χ1v) is 7.43. The van der Waals surface area contributed by atoms with E-state index in [-0.39, 0.29) is 18.2 Å². The summed E-state index contributed by atoms with van der Waals surface area (Å²) in [6.07, 6.45) is 0. The van der Waals surface area contributed by atoms with Crippen molar-refractivity contribution in [3.05, 3.63) is 59.2 Å². The zero-order valence-electron chi connectivity index (χ0n) is 12.7. The Bertz CT molecular complexity index is 648. The van der Waals surface area contributed by atoms with Crippen LogP contribution in [0, 0.1) is 11.6 Å². The maximum absolute atomic E-state index is 14.6. The summed E-state index contributed by atoms with van der Waals surface area (Å²) in [4.78, 5) is 0. The van der Waals surface area contributed by atoms with Gasteiger partial charge >= 0.3 is 0 Å².